The molecule has 1 aliphatic carbocycles. The maximum absolute atomic E-state index is 5.47. The van der Waals surface area contributed by atoms with Crippen LogP contribution in [0.2, 0.25) is 0 Å². The summed E-state index contributed by atoms with van der Waals surface area (Å²) >= 11 is 1.88. The first-order valence-corrected chi connectivity index (χ1v) is 47.1. The molecule has 8 aromatic heterocycles. The first-order valence-electron chi connectivity index (χ1n) is 46.3. The zero-order valence-corrected chi connectivity index (χ0v) is 74.9. The van der Waals surface area contributed by atoms with Crippen LogP contribution < -0.4 is 0 Å². The highest BCUT2D eigenvalue weighted by Crippen LogP contribution is 2.56. The SMILES string of the molecule is CC1(C)c2ccc3c(c2-c2ccc4ccccc4c21)c1ccccc1n3-c1cccc(-c2ccccc2)n1.c1ccc(-c2nc(-c3ccccc3)nc(-c3ccc4c(c3)c3cc5sc6c7ccccc7ccc6c5cc3n4-c3ccccc3)n2)cc1.c1ccc(-n2c3ccccc3c3c4c5ccccc5n(-c5nc(-c6ccc7ccccc7c6)c6ccccc6n5)c4c4ccccc4c32)cc1. The Morgan fingerprint density at radius 2 is 0.728 bits per heavy atom. The van der Waals surface area contributed by atoms with Crippen LogP contribution in [0.4, 0.5) is 0 Å². The normalized spacial score (nSPS) is 12.4. The number of benzene rings is 20. The molecule has 0 bridgehead atoms. The Kier molecular flexibility index (Phi) is 18.0. The van der Waals surface area contributed by atoms with E-state index in [-0.39, 0.29) is 5.41 Å². The number of rotatable bonds is 9. The molecule has 0 unspecified atom stereocenters. The average molecular weight is 1750 g/mol. The van der Waals surface area contributed by atoms with Crippen molar-refractivity contribution in [1.82, 2.24) is 48.2 Å². The molecule has 0 amide bonds. The quantitative estimate of drug-likeness (QED) is 0.143. The number of pyridine rings is 1. The van der Waals surface area contributed by atoms with Gasteiger partial charge in [-0.25, -0.2) is 29.9 Å². The van der Waals surface area contributed by atoms with Crippen molar-refractivity contribution < 1.29 is 0 Å². The molecule has 0 saturated heterocycles. The van der Waals surface area contributed by atoms with Crippen molar-refractivity contribution in [2.75, 3.05) is 0 Å². The van der Waals surface area contributed by atoms with Gasteiger partial charge in [0.05, 0.1) is 61.0 Å². The zero-order valence-electron chi connectivity index (χ0n) is 74.1. The third kappa shape index (κ3) is 12.4. The molecule has 8 heterocycles. The Labute approximate surface area is 785 Å². The van der Waals surface area contributed by atoms with Crippen molar-refractivity contribution in [3.05, 3.63) is 460 Å². The highest BCUT2D eigenvalue weighted by molar-refractivity contribution is 7.26. The molecule has 10 nitrogen and oxygen atoms in total. The fourth-order valence-electron chi connectivity index (χ4n) is 21.8. The lowest BCUT2D eigenvalue weighted by Gasteiger charge is -2.23. The van der Waals surface area contributed by atoms with Crippen molar-refractivity contribution in [1.29, 1.82) is 0 Å². The van der Waals surface area contributed by atoms with Crippen LogP contribution in [0.3, 0.4) is 0 Å². The molecule has 0 radical (unpaired) electrons. The Hall–Kier alpha value is -17.6. The number of thiophene rings is 1. The van der Waals surface area contributed by atoms with E-state index in [0.717, 1.165) is 89.2 Å². The minimum atomic E-state index is -0.0889. The summed E-state index contributed by atoms with van der Waals surface area (Å²) < 4.78 is 12.1. The van der Waals surface area contributed by atoms with Crippen LogP contribution in [0.25, 0.3) is 252 Å². The van der Waals surface area contributed by atoms with E-state index in [1.807, 2.05) is 78.1 Å². The number of para-hydroxylation sites is 6. The molecule has 20 aromatic carbocycles. The van der Waals surface area contributed by atoms with Crippen molar-refractivity contribution in [2.24, 2.45) is 0 Å². The summed E-state index contributed by atoms with van der Waals surface area (Å²) in [6.07, 6.45) is 0. The predicted octanol–water partition coefficient (Wildman–Crippen LogP) is 32.6. The lowest BCUT2D eigenvalue weighted by Crippen LogP contribution is -2.15. The summed E-state index contributed by atoms with van der Waals surface area (Å²) in [5, 5.41) is 23.4. The fraction of sp³-hybridized carbons (Fsp3) is 0.0240. The average Bonchev–Trinajstić information content (AvgIpc) is 1.53. The first kappa shape index (κ1) is 78.2. The standard InChI is InChI=1S/C46H28N4.C43H26N4S.C36H26N2/c1-2-16-32(17-3-1)49-39-24-12-9-21-36(39)41-42-37-22-10-13-25-40(37)50(45(42)34-19-7-6-18-33(34)44(41)49)46-47-38-23-11-8-20-35(38)43(48-46)31-27-26-29-14-4-5-15-30(29)28-31;1-4-13-28(14-5-1)41-44-42(29-15-6-2-7-16-29)46-43(45-41)30-21-23-37-34(24-30)35-26-39-36(25-38(35)47(37)31-17-8-3-9-18-31)33-22-20-27-12-10-11-19-32(27)40(33)48-39;1-36(2)28-21-22-31-34(33(28)27-20-19-23-11-6-7-14-25(23)35(27)36)26-15-8-9-17-30(26)38(31)32-18-10-16-29(37-32)24-12-4-3-5-13-24/h1-28H;1-26H;3-22H,1-2H3. The second kappa shape index (κ2) is 31.3. The van der Waals surface area contributed by atoms with Gasteiger partial charge < -0.3 is 9.13 Å². The van der Waals surface area contributed by atoms with Crippen LogP contribution in [0.5, 0.6) is 0 Å². The molecular weight excluding hydrogens is 1670 g/mol. The van der Waals surface area contributed by atoms with E-state index in [2.05, 4.69) is 414 Å². The van der Waals surface area contributed by atoms with E-state index in [1.54, 1.807) is 0 Å². The molecule has 0 aliphatic heterocycles. The summed E-state index contributed by atoms with van der Waals surface area (Å²) in [7, 11) is 0. The van der Waals surface area contributed by atoms with E-state index in [9.17, 15) is 0 Å². The molecule has 0 atom stereocenters. The number of hydrogen-bond donors (Lipinski definition) is 0. The Bertz CT molecular complexity index is 9720. The van der Waals surface area contributed by atoms with Gasteiger partial charge in [0.25, 0.3) is 0 Å². The molecule has 0 N–H and O–H groups in total. The fourth-order valence-corrected chi connectivity index (χ4v) is 23.1. The second-order valence-electron chi connectivity index (χ2n) is 35.9. The summed E-state index contributed by atoms with van der Waals surface area (Å²) in [5.74, 6) is 3.57. The summed E-state index contributed by atoms with van der Waals surface area (Å²) in [6, 6.07) is 160. The summed E-state index contributed by atoms with van der Waals surface area (Å²) in [6.45, 7) is 4.75. The maximum Gasteiger partial charge on any atom is 0.235 e. The molecule has 28 aromatic rings. The van der Waals surface area contributed by atoms with Gasteiger partial charge in [-0.3, -0.25) is 9.13 Å². The minimum absolute atomic E-state index is 0.0889. The lowest BCUT2D eigenvalue weighted by molar-refractivity contribution is 0.666. The third-order valence-electron chi connectivity index (χ3n) is 27.9. The van der Waals surface area contributed by atoms with Crippen LogP contribution in [-0.2, 0) is 5.41 Å². The highest BCUT2D eigenvalue weighted by atomic mass is 32.1. The molecule has 11 heteroatoms. The molecule has 1 aliphatic rings. The highest BCUT2D eigenvalue weighted by Gasteiger charge is 2.39. The molecule has 0 fully saturated rings. The number of aromatic nitrogens is 10. The van der Waals surface area contributed by atoms with Gasteiger partial charge in [0.1, 0.15) is 5.82 Å². The van der Waals surface area contributed by atoms with Gasteiger partial charge >= 0.3 is 0 Å². The van der Waals surface area contributed by atoms with Crippen molar-refractivity contribution in [3.63, 3.8) is 0 Å². The van der Waals surface area contributed by atoms with Crippen LogP contribution in [0.1, 0.15) is 25.0 Å². The lowest BCUT2D eigenvalue weighted by atomic mass is 9.80. The van der Waals surface area contributed by atoms with Crippen molar-refractivity contribution in [2.45, 2.75) is 19.3 Å². The smallest absolute Gasteiger partial charge is 0.235 e. The third-order valence-corrected chi connectivity index (χ3v) is 29.1. The second-order valence-corrected chi connectivity index (χ2v) is 36.9. The van der Waals surface area contributed by atoms with Crippen LogP contribution in [-0.4, -0.2) is 48.2 Å². The topological polar surface area (TPSA) is 97.1 Å². The number of nitrogens with zero attached hydrogens (tertiary/aromatic N) is 10. The largest absolute Gasteiger partial charge is 0.309 e. The Morgan fingerprint density at radius 3 is 1.39 bits per heavy atom. The van der Waals surface area contributed by atoms with Gasteiger partial charge in [0.2, 0.25) is 5.95 Å². The Morgan fingerprint density at radius 1 is 0.250 bits per heavy atom. The van der Waals surface area contributed by atoms with E-state index in [1.165, 1.54) is 151 Å². The molecule has 0 spiro atoms. The first-order chi connectivity index (χ1) is 67.2. The minimum Gasteiger partial charge on any atom is -0.309 e. The van der Waals surface area contributed by atoms with Crippen LogP contribution in [0.15, 0.2) is 449 Å². The monoisotopic (exact) mass is 1750 g/mol. The van der Waals surface area contributed by atoms with E-state index < -0.39 is 0 Å². The molecule has 29 rings (SSSR count). The van der Waals surface area contributed by atoms with Crippen LogP contribution >= 0.6 is 11.3 Å². The van der Waals surface area contributed by atoms with Crippen molar-refractivity contribution >= 4 is 173 Å². The van der Waals surface area contributed by atoms with Gasteiger partial charge in [0.15, 0.2) is 17.5 Å². The van der Waals surface area contributed by atoms with Gasteiger partial charge in [0, 0.05) is 124 Å². The van der Waals surface area contributed by atoms with Gasteiger partial charge in [-0.2, -0.15) is 0 Å². The molecule has 136 heavy (non-hydrogen) atoms. The number of hydrogen-bond acceptors (Lipinski definition) is 7. The summed E-state index contributed by atoms with van der Waals surface area (Å²) in [4.78, 5) is 30.9. The van der Waals surface area contributed by atoms with Gasteiger partial charge in [-0.15, -0.1) is 11.3 Å². The number of fused-ring (bicyclic) bond motifs is 29. The van der Waals surface area contributed by atoms with E-state index in [4.69, 9.17) is 29.9 Å². The Balaban J connectivity index is 0.000000104. The van der Waals surface area contributed by atoms with Gasteiger partial charge in [-0.05, 0) is 158 Å². The van der Waals surface area contributed by atoms with E-state index in [0.29, 0.717) is 23.4 Å². The van der Waals surface area contributed by atoms with E-state index >= 15 is 0 Å². The van der Waals surface area contributed by atoms with Crippen LogP contribution in [0, 0.1) is 0 Å². The maximum atomic E-state index is 5.47. The molecule has 0 saturated carbocycles. The summed E-state index contributed by atoms with van der Waals surface area (Å²) in [5.41, 5.74) is 24.9. The zero-order chi connectivity index (χ0) is 89.8. The predicted molar refractivity (Wildman–Crippen MR) is 569 cm³/mol. The molecule has 636 valence electrons. The molecular formula is C125H80N10S. The van der Waals surface area contributed by atoms with Crippen molar-refractivity contribution in [3.8, 4) is 90.9 Å². The van der Waals surface area contributed by atoms with Gasteiger partial charge in [-0.1, -0.05) is 360 Å².